The Labute approximate surface area is 53.0 Å². The van der Waals surface area contributed by atoms with Gasteiger partial charge in [0.25, 0.3) is 6.08 Å². The maximum absolute atomic E-state index is 11.6. The van der Waals surface area contributed by atoms with E-state index in [9.17, 15) is 8.78 Å². The molecule has 3 heteroatoms. The molecule has 0 atom stereocenters. The molecule has 0 spiro atoms. The van der Waals surface area contributed by atoms with Gasteiger partial charge < -0.3 is 0 Å². The summed E-state index contributed by atoms with van der Waals surface area (Å²) in [7, 11) is 0. The van der Waals surface area contributed by atoms with Crippen molar-refractivity contribution < 1.29 is 8.78 Å². The maximum atomic E-state index is 11.6. The molecular formula is C6H9F2N. The lowest BCUT2D eigenvalue weighted by Crippen LogP contribution is -2.39. The Balaban J connectivity index is 2.35. The van der Waals surface area contributed by atoms with Crippen molar-refractivity contribution in [2.45, 2.75) is 6.92 Å². The van der Waals surface area contributed by atoms with Crippen LogP contribution >= 0.6 is 0 Å². The second-order valence-corrected chi connectivity index (χ2v) is 2.17. The molecular weight excluding hydrogens is 124 g/mol. The second kappa shape index (κ2) is 2.43. The van der Waals surface area contributed by atoms with Crippen LogP contribution in [0, 0.1) is 0 Å². The molecule has 0 aromatic rings. The Bertz CT molecular complexity index is 130. The van der Waals surface area contributed by atoms with Crippen molar-refractivity contribution in [1.82, 2.24) is 4.90 Å². The topological polar surface area (TPSA) is 3.24 Å². The van der Waals surface area contributed by atoms with Crippen molar-refractivity contribution in [3.63, 3.8) is 0 Å². The van der Waals surface area contributed by atoms with Crippen molar-refractivity contribution in [3.05, 3.63) is 11.7 Å². The number of nitrogens with zero attached hydrogens (tertiary/aromatic N) is 1. The average Bonchev–Trinajstić information content (AvgIpc) is 1.61. The minimum absolute atomic E-state index is 0.303. The molecule has 1 nitrogen and oxygen atoms in total. The Morgan fingerprint density at radius 2 is 2.11 bits per heavy atom. The van der Waals surface area contributed by atoms with Crippen LogP contribution in [0.4, 0.5) is 8.78 Å². The molecule has 0 aliphatic carbocycles. The first-order valence-corrected chi connectivity index (χ1v) is 2.99. The molecule has 0 N–H and O–H groups in total. The molecule has 0 radical (unpaired) electrons. The predicted octanol–water partition coefficient (Wildman–Crippen LogP) is 1.47. The lowest BCUT2D eigenvalue weighted by molar-refractivity contribution is 0.240. The van der Waals surface area contributed by atoms with Crippen LogP contribution in [-0.4, -0.2) is 24.5 Å². The maximum Gasteiger partial charge on any atom is 0.272 e. The first kappa shape index (κ1) is 6.68. The number of halogens is 2. The smallest absolute Gasteiger partial charge is 0.272 e. The average molecular weight is 133 g/mol. The molecule has 0 aromatic heterocycles. The predicted molar refractivity (Wildman–Crippen MR) is 31.4 cm³/mol. The van der Waals surface area contributed by atoms with E-state index in [-0.39, 0.29) is 0 Å². The van der Waals surface area contributed by atoms with Crippen molar-refractivity contribution in [2.75, 3.05) is 19.6 Å². The Morgan fingerprint density at radius 3 is 2.44 bits per heavy atom. The summed E-state index contributed by atoms with van der Waals surface area (Å²) in [5, 5.41) is 0. The normalized spacial score (nSPS) is 19.7. The summed E-state index contributed by atoms with van der Waals surface area (Å²) in [5.74, 6) is 0. The van der Waals surface area contributed by atoms with Gasteiger partial charge in [-0.1, -0.05) is 6.92 Å². The molecule has 9 heavy (non-hydrogen) atoms. The molecule has 0 amide bonds. The molecule has 0 aromatic carbocycles. The summed E-state index contributed by atoms with van der Waals surface area (Å²) in [5.41, 5.74) is 0.303. The van der Waals surface area contributed by atoms with Crippen molar-refractivity contribution >= 4 is 0 Å². The van der Waals surface area contributed by atoms with Crippen LogP contribution in [0.5, 0.6) is 0 Å². The summed E-state index contributed by atoms with van der Waals surface area (Å²) in [6.45, 7) is 3.78. The first-order valence-electron chi connectivity index (χ1n) is 2.99. The SMILES string of the molecule is CCN1CC(=C(F)F)C1. The van der Waals surface area contributed by atoms with Gasteiger partial charge in [0.1, 0.15) is 0 Å². The molecule has 1 aliphatic rings. The fourth-order valence-electron chi connectivity index (χ4n) is 0.837. The highest BCUT2D eigenvalue weighted by atomic mass is 19.3. The van der Waals surface area contributed by atoms with E-state index in [0.717, 1.165) is 6.54 Å². The third kappa shape index (κ3) is 1.27. The van der Waals surface area contributed by atoms with Crippen LogP contribution < -0.4 is 0 Å². The van der Waals surface area contributed by atoms with Crippen LogP contribution in [0.2, 0.25) is 0 Å². The standard InChI is InChI=1S/C6H9F2N/c1-2-9-3-5(4-9)6(7)8/h2-4H2,1H3. The zero-order chi connectivity index (χ0) is 6.85. The third-order valence-electron chi connectivity index (χ3n) is 1.54. The van der Waals surface area contributed by atoms with E-state index < -0.39 is 6.08 Å². The molecule has 52 valence electrons. The second-order valence-electron chi connectivity index (χ2n) is 2.17. The number of rotatable bonds is 1. The van der Waals surface area contributed by atoms with Crippen LogP contribution in [0.25, 0.3) is 0 Å². The molecule has 1 heterocycles. The van der Waals surface area contributed by atoms with Crippen molar-refractivity contribution in [1.29, 1.82) is 0 Å². The van der Waals surface area contributed by atoms with Gasteiger partial charge in [-0.05, 0) is 6.54 Å². The van der Waals surface area contributed by atoms with E-state index in [1.165, 1.54) is 0 Å². The van der Waals surface area contributed by atoms with Gasteiger partial charge in [-0.25, -0.2) is 0 Å². The van der Waals surface area contributed by atoms with Crippen LogP contribution in [0.15, 0.2) is 11.7 Å². The van der Waals surface area contributed by atoms with Gasteiger partial charge in [-0.3, -0.25) is 4.90 Å². The number of hydrogen-bond acceptors (Lipinski definition) is 1. The van der Waals surface area contributed by atoms with E-state index >= 15 is 0 Å². The molecule has 0 unspecified atom stereocenters. The third-order valence-corrected chi connectivity index (χ3v) is 1.54. The largest absolute Gasteiger partial charge is 0.295 e. The minimum atomic E-state index is -1.49. The lowest BCUT2D eigenvalue weighted by Gasteiger charge is -2.31. The summed E-state index contributed by atoms with van der Waals surface area (Å²) in [4.78, 5) is 1.95. The van der Waals surface area contributed by atoms with E-state index in [2.05, 4.69) is 0 Å². The van der Waals surface area contributed by atoms with Gasteiger partial charge in [0, 0.05) is 18.7 Å². The summed E-state index contributed by atoms with van der Waals surface area (Å²) < 4.78 is 23.3. The molecule has 1 saturated heterocycles. The highest BCUT2D eigenvalue weighted by Crippen LogP contribution is 2.18. The van der Waals surface area contributed by atoms with Gasteiger partial charge in [-0.15, -0.1) is 0 Å². The minimum Gasteiger partial charge on any atom is -0.295 e. The van der Waals surface area contributed by atoms with E-state index in [1.54, 1.807) is 0 Å². The van der Waals surface area contributed by atoms with Crippen molar-refractivity contribution in [2.24, 2.45) is 0 Å². The fourth-order valence-corrected chi connectivity index (χ4v) is 0.837. The van der Waals surface area contributed by atoms with E-state index in [4.69, 9.17) is 0 Å². The van der Waals surface area contributed by atoms with Crippen molar-refractivity contribution in [3.8, 4) is 0 Å². The van der Waals surface area contributed by atoms with Gasteiger partial charge in [0.2, 0.25) is 0 Å². The van der Waals surface area contributed by atoms with Crippen LogP contribution in [0.1, 0.15) is 6.92 Å². The quantitative estimate of drug-likeness (QED) is 0.523. The first-order chi connectivity index (χ1) is 4.24. The van der Waals surface area contributed by atoms with Crippen LogP contribution in [0.3, 0.4) is 0 Å². The van der Waals surface area contributed by atoms with Gasteiger partial charge >= 0.3 is 0 Å². The molecule has 1 aliphatic heterocycles. The van der Waals surface area contributed by atoms with E-state index in [0.29, 0.717) is 18.7 Å². The highest BCUT2D eigenvalue weighted by molar-refractivity contribution is 5.15. The van der Waals surface area contributed by atoms with Crippen LogP contribution in [-0.2, 0) is 0 Å². The summed E-state index contributed by atoms with van der Waals surface area (Å²) in [6.07, 6.45) is -1.49. The monoisotopic (exact) mass is 133 g/mol. The lowest BCUT2D eigenvalue weighted by atomic mass is 10.1. The van der Waals surface area contributed by atoms with Gasteiger partial charge in [-0.2, -0.15) is 8.78 Å². The summed E-state index contributed by atoms with van der Waals surface area (Å²) >= 11 is 0. The fraction of sp³-hybridized carbons (Fsp3) is 0.667. The molecule has 1 rings (SSSR count). The van der Waals surface area contributed by atoms with Gasteiger partial charge in [0.05, 0.1) is 0 Å². The number of likely N-dealkylation sites (tertiary alicyclic amines) is 1. The Hall–Kier alpha value is -0.440. The van der Waals surface area contributed by atoms with Gasteiger partial charge in [0.15, 0.2) is 0 Å². The molecule has 1 fully saturated rings. The summed E-state index contributed by atoms with van der Waals surface area (Å²) in [6, 6.07) is 0. The van der Waals surface area contributed by atoms with E-state index in [1.807, 2.05) is 11.8 Å². The number of hydrogen-bond donors (Lipinski definition) is 0. The Kier molecular flexibility index (Phi) is 1.81. The number of likely N-dealkylation sites (N-methyl/N-ethyl adjacent to an activating group) is 1. The highest BCUT2D eigenvalue weighted by Gasteiger charge is 2.21. The Morgan fingerprint density at radius 1 is 1.56 bits per heavy atom. The zero-order valence-corrected chi connectivity index (χ0v) is 5.32. The molecule has 0 bridgehead atoms. The zero-order valence-electron chi connectivity index (χ0n) is 5.32. The molecule has 0 saturated carbocycles.